The summed E-state index contributed by atoms with van der Waals surface area (Å²) in [5.74, 6) is 1.68. The lowest BCUT2D eigenvalue weighted by molar-refractivity contribution is -0.922. The number of carbonyl (C=O) groups excluding carboxylic acids is 1. The summed E-state index contributed by atoms with van der Waals surface area (Å²) in [6.45, 7) is 6.08. The van der Waals surface area contributed by atoms with E-state index in [9.17, 15) is 4.79 Å². The van der Waals surface area contributed by atoms with E-state index in [0.717, 1.165) is 81.5 Å². The zero-order valence-corrected chi connectivity index (χ0v) is 17.0. The molecule has 0 radical (unpaired) electrons. The van der Waals surface area contributed by atoms with Crippen LogP contribution in [-0.4, -0.2) is 55.3 Å². The maximum Gasteiger partial charge on any atom is 0.222 e. The summed E-state index contributed by atoms with van der Waals surface area (Å²) in [4.78, 5) is 28.2. The van der Waals surface area contributed by atoms with Crippen LogP contribution >= 0.6 is 11.3 Å². The summed E-state index contributed by atoms with van der Waals surface area (Å²) in [6, 6.07) is 0. The number of piperidine rings is 1. The Hall–Kier alpha value is -1.77. The van der Waals surface area contributed by atoms with Crippen molar-refractivity contribution in [3.8, 4) is 0 Å². The van der Waals surface area contributed by atoms with E-state index in [0.29, 0.717) is 6.54 Å². The Morgan fingerprint density at radius 3 is 2.93 bits per heavy atom. The molecule has 1 aliphatic carbocycles. The van der Waals surface area contributed by atoms with Crippen molar-refractivity contribution >= 4 is 33.3 Å². The quantitative estimate of drug-likeness (QED) is 0.768. The van der Waals surface area contributed by atoms with Crippen molar-refractivity contribution in [1.82, 2.24) is 9.97 Å². The maximum atomic E-state index is 11.8. The highest BCUT2D eigenvalue weighted by Crippen LogP contribution is 2.41. The normalized spacial score (nSPS) is 23.3. The van der Waals surface area contributed by atoms with Crippen LogP contribution in [-0.2, 0) is 28.9 Å². The average Bonchev–Trinajstić information content (AvgIpc) is 3.29. The molecule has 3 N–H and O–H groups in total. The summed E-state index contributed by atoms with van der Waals surface area (Å²) in [5, 5.41) is 1.24. The highest BCUT2D eigenvalue weighted by molar-refractivity contribution is 7.19. The lowest BCUT2D eigenvalue weighted by Gasteiger charge is -2.33. The topological polar surface area (TPSA) is 85.8 Å². The lowest BCUT2D eigenvalue weighted by Crippen LogP contribution is -3.12. The maximum absolute atomic E-state index is 11.8. The first-order chi connectivity index (χ1) is 13.7. The Bertz CT molecular complexity index is 892. The number of quaternary nitrogens is 1. The van der Waals surface area contributed by atoms with Crippen molar-refractivity contribution in [3.05, 3.63) is 16.3 Å². The van der Waals surface area contributed by atoms with E-state index in [1.54, 1.807) is 0 Å². The van der Waals surface area contributed by atoms with Gasteiger partial charge in [-0.05, 0) is 37.7 Å². The highest BCUT2D eigenvalue weighted by atomic mass is 32.1. The SMILES string of the molecule is NC(=O)[C@H]1CCCN(c2nc(C[NH+]3CCOCC3)nc3sc4c(c23)CCC4)C1. The number of amides is 1. The number of ether oxygens (including phenoxy) is 1. The molecule has 0 aromatic carbocycles. The van der Waals surface area contributed by atoms with E-state index in [2.05, 4.69) is 4.90 Å². The predicted molar refractivity (Wildman–Crippen MR) is 109 cm³/mol. The van der Waals surface area contributed by atoms with Gasteiger partial charge >= 0.3 is 0 Å². The molecule has 2 aliphatic heterocycles. The van der Waals surface area contributed by atoms with Crippen molar-refractivity contribution in [2.24, 2.45) is 11.7 Å². The number of aryl methyl sites for hydroxylation is 2. The van der Waals surface area contributed by atoms with Crippen LogP contribution in [0, 0.1) is 5.92 Å². The van der Waals surface area contributed by atoms with Crippen molar-refractivity contribution in [2.45, 2.75) is 38.6 Å². The number of hydrogen-bond donors (Lipinski definition) is 2. The molecule has 0 saturated carbocycles. The molecule has 2 aromatic rings. The smallest absolute Gasteiger partial charge is 0.222 e. The van der Waals surface area contributed by atoms with Crippen LogP contribution in [0.1, 0.15) is 35.5 Å². The fraction of sp³-hybridized carbons (Fsp3) is 0.650. The summed E-state index contributed by atoms with van der Waals surface area (Å²) in [6.07, 6.45) is 5.36. The Morgan fingerprint density at radius 2 is 2.11 bits per heavy atom. The van der Waals surface area contributed by atoms with Gasteiger partial charge in [-0.2, -0.15) is 0 Å². The molecule has 2 fully saturated rings. The number of rotatable bonds is 4. The number of carbonyl (C=O) groups is 1. The van der Waals surface area contributed by atoms with Crippen LogP contribution in [0.15, 0.2) is 0 Å². The van der Waals surface area contributed by atoms with E-state index in [-0.39, 0.29) is 11.8 Å². The number of nitrogens with two attached hydrogens (primary N) is 1. The largest absolute Gasteiger partial charge is 0.370 e. The zero-order chi connectivity index (χ0) is 19.1. The molecule has 28 heavy (non-hydrogen) atoms. The second-order valence-electron chi connectivity index (χ2n) is 8.23. The van der Waals surface area contributed by atoms with E-state index in [4.69, 9.17) is 20.4 Å². The molecule has 5 rings (SSSR count). The zero-order valence-electron chi connectivity index (χ0n) is 16.2. The van der Waals surface area contributed by atoms with Crippen LogP contribution in [0.2, 0.25) is 0 Å². The number of aromatic nitrogens is 2. The summed E-state index contributed by atoms with van der Waals surface area (Å²) < 4.78 is 5.49. The van der Waals surface area contributed by atoms with Crippen LogP contribution in [0.5, 0.6) is 0 Å². The molecule has 0 unspecified atom stereocenters. The molecular formula is C20H28N5O2S+. The third-order valence-electron chi connectivity index (χ3n) is 6.32. The fourth-order valence-corrected chi connectivity index (χ4v) is 6.06. The van der Waals surface area contributed by atoms with Gasteiger partial charge in [0, 0.05) is 18.0 Å². The van der Waals surface area contributed by atoms with Gasteiger partial charge in [0.25, 0.3) is 0 Å². The number of nitrogens with zero attached hydrogens (tertiary/aromatic N) is 3. The van der Waals surface area contributed by atoms with Gasteiger partial charge in [0.1, 0.15) is 30.3 Å². The molecule has 150 valence electrons. The number of primary amides is 1. The summed E-state index contributed by atoms with van der Waals surface area (Å²) in [5.41, 5.74) is 7.08. The Labute approximate surface area is 168 Å². The molecular weight excluding hydrogens is 374 g/mol. The number of fused-ring (bicyclic) bond motifs is 3. The first-order valence-corrected chi connectivity index (χ1v) is 11.3. The number of anilines is 1. The van der Waals surface area contributed by atoms with E-state index < -0.39 is 0 Å². The fourth-order valence-electron chi connectivity index (χ4n) is 4.79. The van der Waals surface area contributed by atoms with Crippen LogP contribution in [0.4, 0.5) is 5.82 Å². The van der Waals surface area contributed by atoms with Gasteiger partial charge in [0.15, 0.2) is 5.82 Å². The molecule has 3 aliphatic rings. The van der Waals surface area contributed by atoms with Crippen molar-refractivity contribution in [1.29, 1.82) is 0 Å². The standard InChI is InChI=1S/C20H27N5O2S/c21-18(26)13-3-2-6-25(11-13)19-17-14-4-1-5-15(14)28-20(17)23-16(22-19)12-24-7-9-27-10-8-24/h13H,1-12H2,(H2,21,26)/p+1/t13-/m0/s1. The van der Waals surface area contributed by atoms with E-state index in [1.165, 1.54) is 27.1 Å². The first kappa shape index (κ1) is 18.3. The van der Waals surface area contributed by atoms with Gasteiger partial charge in [-0.3, -0.25) is 4.79 Å². The number of nitrogens with one attached hydrogen (secondary N) is 1. The van der Waals surface area contributed by atoms with Gasteiger partial charge in [0.2, 0.25) is 5.91 Å². The molecule has 8 heteroatoms. The molecule has 0 spiro atoms. The Balaban J connectivity index is 1.53. The summed E-state index contributed by atoms with van der Waals surface area (Å²) in [7, 11) is 0. The van der Waals surface area contributed by atoms with Crippen molar-refractivity contribution in [3.63, 3.8) is 0 Å². The van der Waals surface area contributed by atoms with Crippen LogP contribution in [0.3, 0.4) is 0 Å². The number of thiophene rings is 1. The van der Waals surface area contributed by atoms with Crippen molar-refractivity contribution in [2.75, 3.05) is 44.3 Å². The van der Waals surface area contributed by atoms with Gasteiger partial charge in [-0.15, -0.1) is 11.3 Å². The molecule has 7 nitrogen and oxygen atoms in total. The Morgan fingerprint density at radius 1 is 1.25 bits per heavy atom. The van der Waals surface area contributed by atoms with E-state index in [1.807, 2.05) is 11.3 Å². The third kappa shape index (κ3) is 3.38. The van der Waals surface area contributed by atoms with Gasteiger partial charge in [0.05, 0.1) is 24.5 Å². The Kier molecular flexibility index (Phi) is 4.94. The van der Waals surface area contributed by atoms with Gasteiger partial charge < -0.3 is 20.3 Å². The third-order valence-corrected chi connectivity index (χ3v) is 7.51. The van der Waals surface area contributed by atoms with Gasteiger partial charge in [-0.25, -0.2) is 9.97 Å². The number of hydrogen-bond acceptors (Lipinski definition) is 6. The lowest BCUT2D eigenvalue weighted by atomic mass is 9.97. The van der Waals surface area contributed by atoms with Gasteiger partial charge in [-0.1, -0.05) is 0 Å². The predicted octanol–water partition coefficient (Wildman–Crippen LogP) is 0.297. The first-order valence-electron chi connectivity index (χ1n) is 10.5. The van der Waals surface area contributed by atoms with Crippen LogP contribution < -0.4 is 15.5 Å². The highest BCUT2D eigenvalue weighted by Gasteiger charge is 2.30. The molecule has 2 aromatic heterocycles. The molecule has 1 amide bonds. The number of morpholine rings is 1. The molecule has 4 heterocycles. The van der Waals surface area contributed by atoms with Crippen molar-refractivity contribution < 1.29 is 14.4 Å². The molecule has 1 atom stereocenters. The second kappa shape index (κ2) is 7.57. The van der Waals surface area contributed by atoms with Crippen LogP contribution in [0.25, 0.3) is 10.2 Å². The molecule has 0 bridgehead atoms. The summed E-state index contributed by atoms with van der Waals surface area (Å²) >= 11 is 1.84. The van der Waals surface area contributed by atoms with E-state index >= 15 is 0 Å². The minimum absolute atomic E-state index is 0.0845. The molecule has 2 saturated heterocycles. The minimum atomic E-state index is -0.191. The minimum Gasteiger partial charge on any atom is -0.370 e. The monoisotopic (exact) mass is 402 g/mol. The average molecular weight is 403 g/mol. The second-order valence-corrected chi connectivity index (χ2v) is 9.31.